The molecule has 4 rings (SSSR count). The van der Waals surface area contributed by atoms with E-state index in [1.165, 1.54) is 16.8 Å². The maximum atomic E-state index is 13.1. The predicted octanol–water partition coefficient (Wildman–Crippen LogP) is 2.26. The van der Waals surface area contributed by atoms with E-state index < -0.39 is 11.2 Å². The van der Waals surface area contributed by atoms with Gasteiger partial charge in [-0.3, -0.25) is 19.1 Å². The Labute approximate surface area is 166 Å². The van der Waals surface area contributed by atoms with Crippen LogP contribution in [0.25, 0.3) is 11.0 Å². The first-order valence-corrected chi connectivity index (χ1v) is 9.47. The van der Waals surface area contributed by atoms with Gasteiger partial charge in [-0.15, -0.1) is 0 Å². The minimum Gasteiger partial charge on any atom is -0.496 e. The van der Waals surface area contributed by atoms with Gasteiger partial charge >= 0.3 is 5.69 Å². The molecule has 1 atom stereocenters. The lowest BCUT2D eigenvalue weighted by molar-refractivity contribution is 0.0741. The average molecular weight is 394 g/mol. The summed E-state index contributed by atoms with van der Waals surface area (Å²) in [7, 11) is 3.28. The molecule has 0 radical (unpaired) electrons. The number of para-hydroxylation sites is 1. The van der Waals surface area contributed by atoms with Gasteiger partial charge in [0.25, 0.3) is 11.5 Å². The van der Waals surface area contributed by atoms with Crippen molar-refractivity contribution in [1.82, 2.24) is 19.4 Å². The number of carbonyl (C=O) groups is 1. The Morgan fingerprint density at radius 1 is 1.31 bits per heavy atom. The van der Waals surface area contributed by atoms with Gasteiger partial charge in [0, 0.05) is 24.8 Å². The molecule has 1 amide bonds. The minimum atomic E-state index is -0.538. The van der Waals surface area contributed by atoms with Crippen LogP contribution in [0.2, 0.25) is 0 Å². The van der Waals surface area contributed by atoms with Gasteiger partial charge in [0.1, 0.15) is 11.4 Å². The Bertz CT molecular complexity index is 1210. The summed E-state index contributed by atoms with van der Waals surface area (Å²) < 4.78 is 6.91. The van der Waals surface area contributed by atoms with Crippen molar-refractivity contribution in [2.45, 2.75) is 31.8 Å². The summed E-state index contributed by atoms with van der Waals surface area (Å²) in [4.78, 5) is 45.8. The van der Waals surface area contributed by atoms with E-state index in [9.17, 15) is 14.4 Å². The molecule has 29 heavy (non-hydrogen) atoms. The van der Waals surface area contributed by atoms with Crippen LogP contribution in [0.5, 0.6) is 5.75 Å². The van der Waals surface area contributed by atoms with Gasteiger partial charge in [-0.25, -0.2) is 9.78 Å². The smallest absolute Gasteiger partial charge is 0.330 e. The molecule has 1 aliphatic rings. The first kappa shape index (κ1) is 18.9. The van der Waals surface area contributed by atoms with Crippen molar-refractivity contribution in [2.24, 2.45) is 0 Å². The average Bonchev–Trinajstić information content (AvgIpc) is 3.57. The van der Waals surface area contributed by atoms with Gasteiger partial charge in [-0.2, -0.15) is 0 Å². The zero-order valence-corrected chi connectivity index (χ0v) is 16.5. The fourth-order valence-corrected chi connectivity index (χ4v) is 3.53. The van der Waals surface area contributed by atoms with Gasteiger partial charge in [-0.1, -0.05) is 18.2 Å². The van der Waals surface area contributed by atoms with E-state index in [4.69, 9.17) is 4.74 Å². The van der Waals surface area contributed by atoms with Crippen LogP contribution < -0.4 is 16.0 Å². The molecule has 1 N–H and O–H groups in total. The van der Waals surface area contributed by atoms with Gasteiger partial charge in [0.2, 0.25) is 0 Å². The number of benzene rings is 1. The third kappa shape index (κ3) is 3.30. The fourth-order valence-electron chi connectivity index (χ4n) is 3.53. The number of nitrogens with zero attached hydrogens (tertiary/aromatic N) is 3. The summed E-state index contributed by atoms with van der Waals surface area (Å²) in [6.45, 7) is 1.90. The summed E-state index contributed by atoms with van der Waals surface area (Å²) in [6.07, 6.45) is 3.18. The van der Waals surface area contributed by atoms with Crippen molar-refractivity contribution in [3.05, 3.63) is 68.5 Å². The second kappa shape index (κ2) is 7.20. The first-order chi connectivity index (χ1) is 13.9. The number of amides is 1. The largest absolute Gasteiger partial charge is 0.496 e. The van der Waals surface area contributed by atoms with Crippen molar-refractivity contribution >= 4 is 16.9 Å². The maximum absolute atomic E-state index is 13.1. The highest BCUT2D eigenvalue weighted by Crippen LogP contribution is 2.35. The van der Waals surface area contributed by atoms with Crippen molar-refractivity contribution < 1.29 is 9.53 Å². The van der Waals surface area contributed by atoms with E-state index in [1.54, 1.807) is 19.1 Å². The van der Waals surface area contributed by atoms with Gasteiger partial charge < -0.3 is 9.64 Å². The molecule has 1 unspecified atom stereocenters. The van der Waals surface area contributed by atoms with Crippen LogP contribution in [-0.4, -0.2) is 39.5 Å². The molecule has 1 aromatic carbocycles. The number of hydrogen-bond donors (Lipinski definition) is 1. The van der Waals surface area contributed by atoms with Crippen molar-refractivity contribution in [2.75, 3.05) is 14.2 Å². The first-order valence-electron chi connectivity index (χ1n) is 9.47. The monoisotopic (exact) mass is 394 g/mol. The molecule has 2 aromatic heterocycles. The molecule has 1 aliphatic carbocycles. The number of H-pyrrole nitrogens is 1. The summed E-state index contributed by atoms with van der Waals surface area (Å²) in [5.41, 5.74) is 0.481. The van der Waals surface area contributed by atoms with E-state index in [1.807, 2.05) is 31.2 Å². The van der Waals surface area contributed by atoms with Crippen LogP contribution in [0.1, 0.15) is 47.8 Å². The standard InChI is InChI=1S/C21H22N4O4/c1-12(15-6-4-5-7-17(15)29-3)24(2)20(27)13-10-16-18(22-11-13)25(14-8-9-14)21(28)23-19(16)26/h4-7,10-12,14H,8-9H2,1-3H3,(H,23,26,28). The maximum Gasteiger partial charge on any atom is 0.330 e. The van der Waals surface area contributed by atoms with Crippen LogP contribution in [-0.2, 0) is 0 Å². The Kier molecular flexibility index (Phi) is 4.70. The van der Waals surface area contributed by atoms with E-state index in [0.29, 0.717) is 11.4 Å². The predicted molar refractivity (Wildman–Crippen MR) is 108 cm³/mol. The van der Waals surface area contributed by atoms with Gasteiger partial charge in [0.15, 0.2) is 0 Å². The second-order valence-corrected chi connectivity index (χ2v) is 7.29. The number of fused-ring (bicyclic) bond motifs is 1. The highest BCUT2D eigenvalue weighted by molar-refractivity contribution is 5.96. The molecule has 1 fully saturated rings. The molecule has 8 nitrogen and oxygen atoms in total. The molecule has 0 bridgehead atoms. The number of ether oxygens (including phenoxy) is 1. The SMILES string of the molecule is COc1ccccc1C(C)N(C)C(=O)c1cnc2c(c1)c(=O)[nH]c(=O)n2C1CC1. The summed E-state index contributed by atoms with van der Waals surface area (Å²) in [5.74, 6) is 0.419. The molecule has 0 saturated heterocycles. The quantitative estimate of drug-likeness (QED) is 0.716. The van der Waals surface area contributed by atoms with Gasteiger partial charge in [-0.05, 0) is 31.9 Å². The number of rotatable bonds is 5. The number of aromatic amines is 1. The lowest BCUT2D eigenvalue weighted by Crippen LogP contribution is -2.32. The van der Waals surface area contributed by atoms with Crippen LogP contribution in [0, 0.1) is 0 Å². The highest BCUT2D eigenvalue weighted by Gasteiger charge is 2.28. The topological polar surface area (TPSA) is 97.3 Å². The number of pyridine rings is 1. The lowest BCUT2D eigenvalue weighted by atomic mass is 10.1. The second-order valence-electron chi connectivity index (χ2n) is 7.29. The molecule has 2 heterocycles. The van der Waals surface area contributed by atoms with Crippen molar-refractivity contribution in [3.63, 3.8) is 0 Å². The van der Waals surface area contributed by atoms with Gasteiger partial charge in [0.05, 0.1) is 24.1 Å². The molecule has 3 aromatic rings. The molecule has 0 spiro atoms. The normalized spacial score (nSPS) is 14.6. The Hall–Kier alpha value is -3.42. The van der Waals surface area contributed by atoms with Crippen LogP contribution in [0.3, 0.4) is 0 Å². The zero-order chi connectivity index (χ0) is 20.7. The number of nitrogens with one attached hydrogen (secondary N) is 1. The zero-order valence-electron chi connectivity index (χ0n) is 16.5. The molecule has 8 heteroatoms. The summed E-state index contributed by atoms with van der Waals surface area (Å²) in [6, 6.07) is 8.82. The number of aromatic nitrogens is 3. The fraction of sp³-hybridized carbons (Fsp3) is 0.333. The van der Waals surface area contributed by atoms with E-state index in [2.05, 4.69) is 9.97 Å². The minimum absolute atomic E-state index is 0.0594. The Morgan fingerprint density at radius 2 is 2.03 bits per heavy atom. The van der Waals surface area contributed by atoms with Crippen molar-refractivity contribution in [3.8, 4) is 5.75 Å². The van der Waals surface area contributed by atoms with Crippen LogP contribution in [0.4, 0.5) is 0 Å². The van der Waals surface area contributed by atoms with Crippen molar-refractivity contribution in [1.29, 1.82) is 0 Å². The molecular weight excluding hydrogens is 372 g/mol. The number of carbonyl (C=O) groups excluding carboxylic acids is 1. The lowest BCUT2D eigenvalue weighted by Gasteiger charge is -2.26. The highest BCUT2D eigenvalue weighted by atomic mass is 16.5. The Morgan fingerprint density at radius 3 is 2.72 bits per heavy atom. The Balaban J connectivity index is 1.71. The third-order valence-corrected chi connectivity index (χ3v) is 5.43. The van der Waals surface area contributed by atoms with E-state index >= 15 is 0 Å². The van der Waals surface area contributed by atoms with Crippen LogP contribution in [0.15, 0.2) is 46.1 Å². The van der Waals surface area contributed by atoms with E-state index in [-0.39, 0.29) is 28.9 Å². The molecule has 0 aliphatic heterocycles. The van der Waals surface area contributed by atoms with Crippen LogP contribution >= 0.6 is 0 Å². The molecule has 1 saturated carbocycles. The molecule has 150 valence electrons. The third-order valence-electron chi connectivity index (χ3n) is 5.43. The molecular formula is C21H22N4O4. The number of methoxy groups -OCH3 is 1. The summed E-state index contributed by atoms with van der Waals surface area (Å²) in [5, 5.41) is 0.237. The number of hydrogen-bond acceptors (Lipinski definition) is 5. The summed E-state index contributed by atoms with van der Waals surface area (Å²) >= 11 is 0. The van der Waals surface area contributed by atoms with E-state index in [0.717, 1.165) is 18.4 Å².